The fourth-order valence-corrected chi connectivity index (χ4v) is 2.26. The van der Waals surface area contributed by atoms with Crippen LogP contribution in [0.25, 0.3) is 0 Å². The molecule has 8 nitrogen and oxygen atoms in total. The lowest BCUT2D eigenvalue weighted by atomic mass is 10.1. The molecule has 2 heterocycles. The minimum Gasteiger partial charge on any atom is -0.394 e. The van der Waals surface area contributed by atoms with Gasteiger partial charge in [-0.15, -0.1) is 0 Å². The van der Waals surface area contributed by atoms with Gasteiger partial charge in [0.2, 0.25) is 0 Å². The number of H-pyrrole nitrogens is 1. The fourth-order valence-electron chi connectivity index (χ4n) is 1.69. The van der Waals surface area contributed by atoms with E-state index in [0.717, 1.165) is 0 Å². The molecule has 0 saturated carbocycles. The SMILES string of the molecule is O=[N+]([O-])c1ncc([C@@H]2O[C@H](CO)[C@@H](Br)[C@H]2O)[nH]1. The Morgan fingerprint density at radius 2 is 2.41 bits per heavy atom. The maximum absolute atomic E-state index is 10.5. The molecule has 1 aromatic heterocycles. The fraction of sp³-hybridized carbons (Fsp3) is 0.625. The van der Waals surface area contributed by atoms with Crippen molar-refractivity contribution in [1.82, 2.24) is 9.97 Å². The summed E-state index contributed by atoms with van der Waals surface area (Å²) in [6.07, 6.45) is -0.992. The number of imidazole rings is 1. The third-order valence-corrected chi connectivity index (χ3v) is 3.69. The van der Waals surface area contributed by atoms with Gasteiger partial charge >= 0.3 is 5.95 Å². The van der Waals surface area contributed by atoms with Crippen molar-refractivity contribution in [2.24, 2.45) is 0 Å². The maximum atomic E-state index is 10.5. The smallest absolute Gasteiger partial charge is 0.394 e. The van der Waals surface area contributed by atoms with Gasteiger partial charge in [-0.2, -0.15) is 0 Å². The highest BCUT2D eigenvalue weighted by Crippen LogP contribution is 2.36. The zero-order chi connectivity index (χ0) is 12.6. The first-order valence-electron chi connectivity index (χ1n) is 4.82. The van der Waals surface area contributed by atoms with Crippen LogP contribution in [0, 0.1) is 10.1 Å². The Morgan fingerprint density at radius 3 is 2.88 bits per heavy atom. The van der Waals surface area contributed by atoms with Gasteiger partial charge in [0.25, 0.3) is 0 Å². The first kappa shape index (κ1) is 12.4. The van der Waals surface area contributed by atoms with E-state index in [0.29, 0.717) is 5.69 Å². The third-order valence-electron chi connectivity index (χ3n) is 2.55. The number of hydrogen-bond donors (Lipinski definition) is 3. The Hall–Kier alpha value is -1.03. The van der Waals surface area contributed by atoms with Crippen molar-refractivity contribution in [2.75, 3.05) is 6.61 Å². The van der Waals surface area contributed by atoms with E-state index in [1.165, 1.54) is 6.20 Å². The first-order valence-corrected chi connectivity index (χ1v) is 5.74. The Labute approximate surface area is 104 Å². The Bertz CT molecular complexity index is 425. The van der Waals surface area contributed by atoms with Crippen LogP contribution in [-0.4, -0.2) is 48.7 Å². The molecule has 0 unspecified atom stereocenters. The summed E-state index contributed by atoms with van der Waals surface area (Å²) in [6.45, 7) is -0.250. The van der Waals surface area contributed by atoms with Gasteiger partial charge in [-0.05, 0) is 4.92 Å². The van der Waals surface area contributed by atoms with Crippen LogP contribution < -0.4 is 0 Å². The first-order chi connectivity index (χ1) is 8.04. The molecule has 4 atom stereocenters. The zero-order valence-corrected chi connectivity index (χ0v) is 10.1. The number of nitrogens with one attached hydrogen (secondary N) is 1. The summed E-state index contributed by atoms with van der Waals surface area (Å²) in [7, 11) is 0. The standard InChI is InChI=1S/C8H10BrN3O5/c9-5-4(2-13)17-7(6(5)14)3-1-10-8(11-3)12(15)16/h1,4-7,13-14H,2H2,(H,10,11)/t4-,5-,6-,7+/m1/s1. The molecule has 17 heavy (non-hydrogen) atoms. The number of aromatic amines is 1. The summed E-state index contributed by atoms with van der Waals surface area (Å²) in [5.41, 5.74) is 0.310. The lowest BCUT2D eigenvalue weighted by Crippen LogP contribution is -2.27. The van der Waals surface area contributed by atoms with E-state index in [2.05, 4.69) is 25.9 Å². The van der Waals surface area contributed by atoms with Crippen molar-refractivity contribution in [1.29, 1.82) is 0 Å². The lowest BCUT2D eigenvalue weighted by molar-refractivity contribution is -0.393. The average Bonchev–Trinajstić information content (AvgIpc) is 2.87. The molecule has 0 radical (unpaired) electrons. The average molecular weight is 308 g/mol. The molecule has 0 spiro atoms. The second-order valence-electron chi connectivity index (χ2n) is 3.63. The molecule has 1 aromatic rings. The normalized spacial score (nSPS) is 32.9. The minimum absolute atomic E-state index is 0.250. The molecule has 94 valence electrons. The number of aliphatic hydroxyl groups excluding tert-OH is 2. The van der Waals surface area contributed by atoms with Crippen LogP contribution in [-0.2, 0) is 4.74 Å². The van der Waals surface area contributed by atoms with Gasteiger partial charge in [-0.3, -0.25) is 0 Å². The number of hydrogen-bond acceptors (Lipinski definition) is 6. The van der Waals surface area contributed by atoms with Gasteiger partial charge in [-0.1, -0.05) is 20.9 Å². The number of nitrogens with zero attached hydrogens (tertiary/aromatic N) is 2. The van der Waals surface area contributed by atoms with E-state index >= 15 is 0 Å². The number of aliphatic hydroxyl groups is 2. The molecule has 1 aliphatic heterocycles. The van der Waals surface area contributed by atoms with Crippen molar-refractivity contribution >= 4 is 21.9 Å². The van der Waals surface area contributed by atoms with E-state index in [4.69, 9.17) is 9.84 Å². The van der Waals surface area contributed by atoms with Gasteiger partial charge in [-0.25, -0.2) is 4.98 Å². The largest absolute Gasteiger partial charge is 0.432 e. The van der Waals surface area contributed by atoms with Crippen LogP contribution in [0.3, 0.4) is 0 Å². The number of ether oxygens (including phenoxy) is 1. The summed E-state index contributed by atoms with van der Waals surface area (Å²) >= 11 is 3.20. The molecule has 1 saturated heterocycles. The van der Waals surface area contributed by atoms with Crippen molar-refractivity contribution in [3.05, 3.63) is 22.0 Å². The Kier molecular flexibility index (Phi) is 3.43. The zero-order valence-electron chi connectivity index (χ0n) is 8.49. The van der Waals surface area contributed by atoms with E-state index in [9.17, 15) is 15.2 Å². The lowest BCUT2D eigenvalue weighted by Gasteiger charge is -2.10. The van der Waals surface area contributed by atoms with Gasteiger partial charge in [0.1, 0.15) is 24.1 Å². The van der Waals surface area contributed by atoms with Crippen LogP contribution in [0.4, 0.5) is 5.95 Å². The number of halogens is 1. The maximum Gasteiger partial charge on any atom is 0.432 e. The highest BCUT2D eigenvalue weighted by atomic mass is 79.9. The molecule has 0 amide bonds. The number of aromatic nitrogens is 2. The van der Waals surface area contributed by atoms with E-state index < -0.39 is 34.0 Å². The Balaban J connectivity index is 2.19. The molecular weight excluding hydrogens is 298 g/mol. The summed E-state index contributed by atoms with van der Waals surface area (Å²) in [5.74, 6) is -0.408. The summed E-state index contributed by atoms with van der Waals surface area (Å²) in [5, 5.41) is 29.3. The van der Waals surface area contributed by atoms with Crippen LogP contribution in [0.5, 0.6) is 0 Å². The molecule has 3 N–H and O–H groups in total. The topological polar surface area (TPSA) is 122 Å². The van der Waals surface area contributed by atoms with Crippen LogP contribution in [0.15, 0.2) is 6.20 Å². The molecule has 0 aromatic carbocycles. The molecule has 2 rings (SSSR count). The number of alkyl halides is 1. The third kappa shape index (κ3) is 2.18. The van der Waals surface area contributed by atoms with E-state index in [-0.39, 0.29) is 6.61 Å². The van der Waals surface area contributed by atoms with Crippen molar-refractivity contribution in [3.8, 4) is 0 Å². The van der Waals surface area contributed by atoms with Gasteiger partial charge in [0.15, 0.2) is 0 Å². The van der Waals surface area contributed by atoms with Crippen LogP contribution in [0.1, 0.15) is 11.8 Å². The van der Waals surface area contributed by atoms with Crippen molar-refractivity contribution in [2.45, 2.75) is 23.1 Å². The van der Waals surface area contributed by atoms with Crippen LogP contribution in [0.2, 0.25) is 0 Å². The van der Waals surface area contributed by atoms with Gasteiger partial charge in [0, 0.05) is 0 Å². The Morgan fingerprint density at radius 1 is 1.71 bits per heavy atom. The van der Waals surface area contributed by atoms with Crippen molar-refractivity contribution < 1.29 is 19.9 Å². The summed E-state index contributed by atoms with van der Waals surface area (Å²) < 4.78 is 5.37. The number of nitro groups is 1. The van der Waals surface area contributed by atoms with Gasteiger partial charge in [0.05, 0.1) is 17.5 Å². The predicted molar refractivity (Wildman–Crippen MR) is 58.7 cm³/mol. The quantitative estimate of drug-likeness (QED) is 0.406. The molecule has 9 heteroatoms. The van der Waals surface area contributed by atoms with E-state index in [1.54, 1.807) is 0 Å². The second kappa shape index (κ2) is 4.69. The second-order valence-corrected chi connectivity index (χ2v) is 4.69. The molecule has 1 aliphatic rings. The highest BCUT2D eigenvalue weighted by molar-refractivity contribution is 9.09. The molecular formula is C8H10BrN3O5. The summed E-state index contributed by atoms with van der Waals surface area (Å²) in [4.78, 5) is 15.4. The van der Waals surface area contributed by atoms with Gasteiger partial charge < -0.3 is 25.1 Å². The highest BCUT2D eigenvalue weighted by Gasteiger charge is 2.44. The predicted octanol–water partition coefficient (Wildman–Crippen LogP) is -0.126. The molecule has 1 fully saturated rings. The minimum atomic E-state index is -0.910. The monoisotopic (exact) mass is 307 g/mol. The molecule has 0 bridgehead atoms. The molecule has 0 aliphatic carbocycles. The summed E-state index contributed by atoms with van der Waals surface area (Å²) in [6, 6.07) is 0. The number of rotatable bonds is 3. The van der Waals surface area contributed by atoms with E-state index in [1.807, 2.05) is 0 Å². The van der Waals surface area contributed by atoms with Crippen molar-refractivity contribution in [3.63, 3.8) is 0 Å². The van der Waals surface area contributed by atoms with Crippen LogP contribution >= 0.6 is 15.9 Å².